The summed E-state index contributed by atoms with van der Waals surface area (Å²) >= 11 is 1.75. The molecular weight excluding hydrogens is 481 g/mol. The number of nitrogens with one attached hydrogen (secondary N) is 2. The average molecular weight is 510 g/mol. The van der Waals surface area contributed by atoms with Gasteiger partial charge in [-0.05, 0) is 85.1 Å². The Balaban J connectivity index is 0.00000193. The summed E-state index contributed by atoms with van der Waals surface area (Å²) in [7, 11) is 0. The predicted molar refractivity (Wildman–Crippen MR) is 139 cm³/mol. The highest BCUT2D eigenvalue weighted by Crippen LogP contribution is 2.29. The molecule has 4 rings (SSSR count). The Labute approximate surface area is 209 Å². The summed E-state index contributed by atoms with van der Waals surface area (Å²) in [5.41, 5.74) is 8.56. The first-order valence-corrected chi connectivity index (χ1v) is 11.4. The number of carbonyl (C=O) groups is 1. The molecule has 0 bridgehead atoms. The molecular formula is C24H29Cl2N3O3S. The lowest BCUT2D eigenvalue weighted by molar-refractivity contribution is -0.136. The zero-order valence-electron chi connectivity index (χ0n) is 18.1. The van der Waals surface area contributed by atoms with E-state index in [0.717, 1.165) is 54.6 Å². The standard InChI is InChI=1S/C24H27N3O3S.2ClH/c25-24(26)17-3-7-22-18(11-17)13-21(31-22)6-2-15-1-5-19(30-20-9-10-27-14-20)12-16(15)4-8-23(28)29;;/h1,3,5,7,11-13,20,27H,2,4,6,8-10,14H2,(H3,25,26)(H,28,29);2*1H/t20-;;/m0../s1. The van der Waals surface area contributed by atoms with Gasteiger partial charge in [0.15, 0.2) is 0 Å². The van der Waals surface area contributed by atoms with Crippen molar-refractivity contribution in [2.24, 2.45) is 5.73 Å². The second kappa shape index (κ2) is 12.2. The molecule has 6 nitrogen and oxygen atoms in total. The first-order valence-electron chi connectivity index (χ1n) is 10.6. The van der Waals surface area contributed by atoms with Crippen LogP contribution in [-0.4, -0.2) is 36.1 Å². The van der Waals surface area contributed by atoms with E-state index in [2.05, 4.69) is 17.4 Å². The van der Waals surface area contributed by atoms with Crippen LogP contribution in [0.2, 0.25) is 0 Å². The number of nitrogens with two attached hydrogens (primary N) is 1. The van der Waals surface area contributed by atoms with Crippen molar-refractivity contribution in [2.45, 2.75) is 38.2 Å². The number of benzene rings is 2. The Hall–Kier alpha value is -2.32. The summed E-state index contributed by atoms with van der Waals surface area (Å²) in [4.78, 5) is 12.4. The SMILES string of the molecule is Cl.Cl.N=C(N)c1ccc2sc(CCc3ccc(O[C@H]4CCNC4)cc3CCC(=O)O)cc2c1. The number of carboxylic acids is 1. The minimum absolute atomic E-state index is 0. The lowest BCUT2D eigenvalue weighted by Gasteiger charge is -2.15. The summed E-state index contributed by atoms with van der Waals surface area (Å²) in [5, 5.41) is 21.2. The summed E-state index contributed by atoms with van der Waals surface area (Å²) in [6.45, 7) is 1.82. The molecule has 2 aromatic carbocycles. The summed E-state index contributed by atoms with van der Waals surface area (Å²) < 4.78 is 7.26. The van der Waals surface area contributed by atoms with Crippen molar-refractivity contribution in [1.29, 1.82) is 5.41 Å². The lowest BCUT2D eigenvalue weighted by Crippen LogP contribution is -2.19. The number of amidine groups is 1. The largest absolute Gasteiger partial charge is 0.489 e. The minimum atomic E-state index is -0.789. The highest BCUT2D eigenvalue weighted by molar-refractivity contribution is 7.19. The molecule has 0 radical (unpaired) electrons. The smallest absolute Gasteiger partial charge is 0.303 e. The molecule has 33 heavy (non-hydrogen) atoms. The third-order valence-electron chi connectivity index (χ3n) is 5.62. The van der Waals surface area contributed by atoms with Gasteiger partial charge in [0.25, 0.3) is 0 Å². The van der Waals surface area contributed by atoms with Gasteiger partial charge in [-0.15, -0.1) is 36.2 Å². The summed E-state index contributed by atoms with van der Waals surface area (Å²) in [5.74, 6) is 0.105. The second-order valence-electron chi connectivity index (χ2n) is 7.94. The third-order valence-corrected chi connectivity index (χ3v) is 6.80. The predicted octanol–water partition coefficient (Wildman–Crippen LogP) is 4.57. The number of hydrogen-bond donors (Lipinski definition) is 4. The third kappa shape index (κ3) is 7.08. The van der Waals surface area contributed by atoms with E-state index in [0.29, 0.717) is 6.42 Å². The van der Waals surface area contributed by atoms with Crippen molar-refractivity contribution < 1.29 is 14.6 Å². The lowest BCUT2D eigenvalue weighted by atomic mass is 9.98. The Kier molecular flexibility index (Phi) is 9.98. The first-order chi connectivity index (χ1) is 15.0. The number of nitrogen functional groups attached to an aromatic ring is 1. The Bertz CT molecular complexity index is 1110. The van der Waals surface area contributed by atoms with Gasteiger partial charge in [-0.3, -0.25) is 10.2 Å². The van der Waals surface area contributed by atoms with Gasteiger partial charge in [0, 0.05) is 28.1 Å². The van der Waals surface area contributed by atoms with Crippen LogP contribution < -0.4 is 15.8 Å². The summed E-state index contributed by atoms with van der Waals surface area (Å²) in [6.07, 6.45) is 3.49. The van der Waals surface area contributed by atoms with Crippen LogP contribution in [0, 0.1) is 5.41 Å². The minimum Gasteiger partial charge on any atom is -0.489 e. The molecule has 0 saturated carbocycles. The molecule has 2 heterocycles. The van der Waals surface area contributed by atoms with Crippen LogP contribution in [0.5, 0.6) is 5.75 Å². The molecule has 1 atom stereocenters. The Morgan fingerprint density at radius 2 is 1.94 bits per heavy atom. The van der Waals surface area contributed by atoms with Crippen LogP contribution in [0.3, 0.4) is 0 Å². The van der Waals surface area contributed by atoms with Gasteiger partial charge in [-0.2, -0.15) is 0 Å². The molecule has 3 aromatic rings. The zero-order chi connectivity index (χ0) is 21.8. The Morgan fingerprint density at radius 1 is 1.12 bits per heavy atom. The number of aliphatic carboxylic acids is 1. The van der Waals surface area contributed by atoms with Crippen molar-refractivity contribution >= 4 is 58.0 Å². The topological polar surface area (TPSA) is 108 Å². The molecule has 9 heteroatoms. The maximum Gasteiger partial charge on any atom is 0.303 e. The van der Waals surface area contributed by atoms with Gasteiger partial charge in [0.1, 0.15) is 17.7 Å². The van der Waals surface area contributed by atoms with Crippen LogP contribution in [0.15, 0.2) is 42.5 Å². The first kappa shape index (κ1) is 26.9. The number of hydrogen-bond acceptors (Lipinski definition) is 5. The van der Waals surface area contributed by atoms with Crippen molar-refractivity contribution in [2.75, 3.05) is 13.1 Å². The molecule has 5 N–H and O–H groups in total. The molecule has 0 unspecified atom stereocenters. The number of fused-ring (bicyclic) bond motifs is 1. The molecule has 1 saturated heterocycles. The maximum absolute atomic E-state index is 11.1. The van der Waals surface area contributed by atoms with Gasteiger partial charge in [0.05, 0.1) is 0 Å². The quantitative estimate of drug-likeness (QED) is 0.249. The van der Waals surface area contributed by atoms with Crippen molar-refractivity contribution in [3.8, 4) is 5.75 Å². The number of halogens is 2. The van der Waals surface area contributed by atoms with E-state index in [1.54, 1.807) is 11.3 Å². The van der Waals surface area contributed by atoms with Crippen molar-refractivity contribution in [3.63, 3.8) is 0 Å². The summed E-state index contributed by atoms with van der Waals surface area (Å²) in [6, 6.07) is 14.1. The van der Waals surface area contributed by atoms with E-state index in [1.165, 1.54) is 15.1 Å². The van der Waals surface area contributed by atoms with Gasteiger partial charge in [-0.25, -0.2) is 0 Å². The molecule has 0 amide bonds. The fraction of sp³-hybridized carbons (Fsp3) is 0.333. The highest BCUT2D eigenvalue weighted by Gasteiger charge is 2.17. The molecule has 1 aromatic heterocycles. The van der Waals surface area contributed by atoms with E-state index in [1.807, 2.05) is 30.3 Å². The molecule has 1 aliphatic heterocycles. The van der Waals surface area contributed by atoms with Crippen molar-refractivity contribution in [3.05, 3.63) is 64.0 Å². The van der Waals surface area contributed by atoms with Crippen molar-refractivity contribution in [1.82, 2.24) is 5.32 Å². The number of thiophene rings is 1. The number of rotatable bonds is 9. The molecule has 1 aliphatic rings. The highest BCUT2D eigenvalue weighted by atomic mass is 35.5. The van der Waals surface area contributed by atoms with Crippen LogP contribution in [-0.2, 0) is 24.1 Å². The van der Waals surface area contributed by atoms with Gasteiger partial charge < -0.3 is 20.9 Å². The van der Waals surface area contributed by atoms with E-state index in [9.17, 15) is 4.79 Å². The van der Waals surface area contributed by atoms with Crippen LogP contribution in [0.1, 0.15) is 34.4 Å². The number of carboxylic acid groups (broad SMARTS) is 1. The van der Waals surface area contributed by atoms with Gasteiger partial charge in [0.2, 0.25) is 0 Å². The van der Waals surface area contributed by atoms with E-state index >= 15 is 0 Å². The fourth-order valence-corrected chi connectivity index (χ4v) is 5.01. The monoisotopic (exact) mass is 509 g/mol. The average Bonchev–Trinajstić information content (AvgIpc) is 3.40. The van der Waals surface area contributed by atoms with Crippen LogP contribution >= 0.6 is 36.2 Å². The number of aryl methyl sites for hydroxylation is 3. The van der Waals surface area contributed by atoms with Crippen LogP contribution in [0.4, 0.5) is 0 Å². The number of ether oxygens (including phenoxy) is 1. The van der Waals surface area contributed by atoms with E-state index in [4.69, 9.17) is 21.0 Å². The Morgan fingerprint density at radius 3 is 2.64 bits per heavy atom. The van der Waals surface area contributed by atoms with Gasteiger partial charge in [-0.1, -0.05) is 6.07 Å². The molecule has 0 aliphatic carbocycles. The van der Waals surface area contributed by atoms with Gasteiger partial charge >= 0.3 is 5.97 Å². The second-order valence-corrected chi connectivity index (χ2v) is 9.10. The molecule has 0 spiro atoms. The normalized spacial score (nSPS) is 15.0. The fourth-order valence-electron chi connectivity index (χ4n) is 3.96. The zero-order valence-corrected chi connectivity index (χ0v) is 20.6. The molecule has 1 fully saturated rings. The maximum atomic E-state index is 11.1. The molecule has 178 valence electrons. The van der Waals surface area contributed by atoms with E-state index in [-0.39, 0.29) is 43.2 Å². The van der Waals surface area contributed by atoms with E-state index < -0.39 is 5.97 Å². The van der Waals surface area contributed by atoms with Crippen LogP contribution in [0.25, 0.3) is 10.1 Å².